The first-order chi connectivity index (χ1) is 13.8. The van der Waals surface area contributed by atoms with E-state index in [1.807, 2.05) is 0 Å². The Hall–Kier alpha value is -2.52. The molecule has 2 unspecified atom stereocenters. The van der Waals surface area contributed by atoms with Crippen molar-refractivity contribution in [3.8, 4) is 5.75 Å². The number of carbonyl (C=O) groups excluding carboxylic acids is 1. The zero-order valence-electron chi connectivity index (χ0n) is 16.1. The third kappa shape index (κ3) is 4.25. The molecule has 0 spiro atoms. The Morgan fingerprint density at radius 1 is 1.21 bits per heavy atom. The third-order valence-corrected chi connectivity index (χ3v) is 6.91. The van der Waals surface area contributed by atoms with Crippen LogP contribution in [0.5, 0.6) is 5.75 Å². The molecule has 1 aliphatic rings. The van der Waals surface area contributed by atoms with E-state index in [0.717, 1.165) is 10.4 Å². The monoisotopic (exact) mass is 424 g/mol. The van der Waals surface area contributed by atoms with Crippen molar-refractivity contribution in [1.29, 1.82) is 0 Å². The molecule has 1 aliphatic heterocycles. The number of nitrogens with one attached hydrogen (secondary N) is 1. The Kier molecular flexibility index (Phi) is 6.18. The standard InChI is InChI=1S/C20H22F2N2O4S/c1-13(14-9-10-18(28-2)16(22)12-14)23-20(25)17-7-5-11-24(17)29(26,27)19-8-4-3-6-15(19)21/h3-4,6,8-10,12-13,17H,5,7,11H2,1-2H3,(H,23,25). The molecule has 1 heterocycles. The fourth-order valence-electron chi connectivity index (χ4n) is 3.42. The van der Waals surface area contributed by atoms with Gasteiger partial charge in [-0.05, 0) is 49.6 Å². The number of sulfonamides is 1. The molecule has 2 atom stereocenters. The smallest absolute Gasteiger partial charge is 0.246 e. The molecule has 6 nitrogen and oxygen atoms in total. The predicted octanol–water partition coefficient (Wildman–Crippen LogP) is 3.00. The van der Waals surface area contributed by atoms with Gasteiger partial charge in [-0.3, -0.25) is 4.79 Å². The van der Waals surface area contributed by atoms with Gasteiger partial charge in [0.15, 0.2) is 11.6 Å². The highest BCUT2D eigenvalue weighted by atomic mass is 32.2. The highest BCUT2D eigenvalue weighted by molar-refractivity contribution is 7.89. The molecule has 29 heavy (non-hydrogen) atoms. The molecule has 1 N–H and O–H groups in total. The van der Waals surface area contributed by atoms with Crippen molar-refractivity contribution < 1.29 is 26.7 Å². The van der Waals surface area contributed by atoms with E-state index >= 15 is 0 Å². The van der Waals surface area contributed by atoms with Crippen LogP contribution in [0, 0.1) is 11.6 Å². The molecule has 9 heteroatoms. The van der Waals surface area contributed by atoms with Crippen LogP contribution < -0.4 is 10.1 Å². The summed E-state index contributed by atoms with van der Waals surface area (Å²) >= 11 is 0. The molecule has 156 valence electrons. The fourth-order valence-corrected chi connectivity index (χ4v) is 5.14. The van der Waals surface area contributed by atoms with Gasteiger partial charge in [-0.2, -0.15) is 4.31 Å². The molecule has 1 amide bonds. The maximum Gasteiger partial charge on any atom is 0.246 e. The molecule has 0 radical (unpaired) electrons. The second kappa shape index (κ2) is 8.46. The van der Waals surface area contributed by atoms with Gasteiger partial charge in [0.1, 0.15) is 16.8 Å². The fraction of sp³-hybridized carbons (Fsp3) is 0.350. The first kappa shape index (κ1) is 21.2. The summed E-state index contributed by atoms with van der Waals surface area (Å²) in [5.74, 6) is -1.84. The van der Waals surface area contributed by atoms with Gasteiger partial charge in [0.25, 0.3) is 0 Å². The molecule has 1 saturated heterocycles. The summed E-state index contributed by atoms with van der Waals surface area (Å²) in [5, 5.41) is 2.72. The molecule has 2 aromatic rings. The molecular weight excluding hydrogens is 402 g/mol. The van der Waals surface area contributed by atoms with E-state index < -0.39 is 44.5 Å². The Morgan fingerprint density at radius 3 is 2.59 bits per heavy atom. The van der Waals surface area contributed by atoms with E-state index in [2.05, 4.69) is 5.32 Å². The zero-order valence-corrected chi connectivity index (χ0v) is 16.9. The highest BCUT2D eigenvalue weighted by Crippen LogP contribution is 2.28. The largest absolute Gasteiger partial charge is 0.494 e. The van der Waals surface area contributed by atoms with Gasteiger partial charge >= 0.3 is 0 Å². The van der Waals surface area contributed by atoms with E-state index in [1.54, 1.807) is 13.0 Å². The first-order valence-electron chi connectivity index (χ1n) is 9.16. The van der Waals surface area contributed by atoms with Crippen molar-refractivity contribution in [2.45, 2.75) is 36.7 Å². The number of carbonyl (C=O) groups is 1. The van der Waals surface area contributed by atoms with E-state index in [0.29, 0.717) is 18.4 Å². The van der Waals surface area contributed by atoms with Crippen LogP contribution in [0.15, 0.2) is 47.4 Å². The van der Waals surface area contributed by atoms with Crippen molar-refractivity contribution in [3.63, 3.8) is 0 Å². The number of nitrogens with zero attached hydrogens (tertiary/aromatic N) is 1. The normalized spacial score (nSPS) is 18.4. The summed E-state index contributed by atoms with van der Waals surface area (Å²) in [5.41, 5.74) is 0.512. The van der Waals surface area contributed by atoms with Crippen LogP contribution in [-0.4, -0.2) is 38.3 Å². The van der Waals surface area contributed by atoms with Crippen LogP contribution in [0.1, 0.15) is 31.4 Å². The highest BCUT2D eigenvalue weighted by Gasteiger charge is 2.40. The van der Waals surface area contributed by atoms with Crippen LogP contribution in [0.4, 0.5) is 8.78 Å². The summed E-state index contributed by atoms with van der Waals surface area (Å²) in [4.78, 5) is 12.3. The maximum atomic E-state index is 14.0. The lowest BCUT2D eigenvalue weighted by atomic mass is 10.1. The number of hydrogen-bond acceptors (Lipinski definition) is 4. The minimum absolute atomic E-state index is 0.0882. The van der Waals surface area contributed by atoms with E-state index in [-0.39, 0.29) is 12.3 Å². The molecule has 0 aliphatic carbocycles. The average Bonchev–Trinajstić information content (AvgIpc) is 3.19. The minimum atomic E-state index is -4.16. The molecule has 0 aromatic heterocycles. The topological polar surface area (TPSA) is 75.7 Å². The number of hydrogen-bond donors (Lipinski definition) is 1. The molecule has 0 saturated carbocycles. The summed E-state index contributed by atoms with van der Waals surface area (Å²) < 4.78 is 59.7. The third-order valence-electron chi connectivity index (χ3n) is 4.96. The summed E-state index contributed by atoms with van der Waals surface area (Å²) in [6.07, 6.45) is 0.806. The number of benzene rings is 2. The number of methoxy groups -OCH3 is 1. The van der Waals surface area contributed by atoms with Gasteiger partial charge in [0, 0.05) is 6.54 Å². The summed E-state index contributed by atoms with van der Waals surface area (Å²) in [6.45, 7) is 1.80. The van der Waals surface area contributed by atoms with Gasteiger partial charge in [-0.25, -0.2) is 17.2 Å². The van der Waals surface area contributed by atoms with Gasteiger partial charge < -0.3 is 10.1 Å². The van der Waals surface area contributed by atoms with Crippen molar-refractivity contribution in [2.75, 3.05) is 13.7 Å². The number of halogens is 2. The molecule has 0 bridgehead atoms. The minimum Gasteiger partial charge on any atom is -0.494 e. The van der Waals surface area contributed by atoms with Gasteiger partial charge in [-0.1, -0.05) is 18.2 Å². The second-order valence-corrected chi connectivity index (χ2v) is 8.69. The second-order valence-electron chi connectivity index (χ2n) is 6.83. The van der Waals surface area contributed by atoms with Crippen molar-refractivity contribution in [1.82, 2.24) is 9.62 Å². The van der Waals surface area contributed by atoms with E-state index in [4.69, 9.17) is 4.74 Å². The quantitative estimate of drug-likeness (QED) is 0.774. The van der Waals surface area contributed by atoms with Crippen LogP contribution >= 0.6 is 0 Å². The Balaban J connectivity index is 1.78. The molecule has 1 fully saturated rings. The van der Waals surface area contributed by atoms with E-state index in [9.17, 15) is 22.0 Å². The zero-order chi connectivity index (χ0) is 21.2. The molecular formula is C20H22F2N2O4S. The lowest BCUT2D eigenvalue weighted by Gasteiger charge is -2.25. The van der Waals surface area contributed by atoms with Crippen LogP contribution in [0.2, 0.25) is 0 Å². The van der Waals surface area contributed by atoms with Crippen LogP contribution in [-0.2, 0) is 14.8 Å². The Bertz CT molecular complexity index is 1010. The van der Waals surface area contributed by atoms with Crippen molar-refractivity contribution in [2.24, 2.45) is 0 Å². The van der Waals surface area contributed by atoms with Gasteiger partial charge in [-0.15, -0.1) is 0 Å². The Morgan fingerprint density at radius 2 is 1.93 bits per heavy atom. The Labute approximate surface area is 168 Å². The van der Waals surface area contributed by atoms with E-state index in [1.165, 1.54) is 37.4 Å². The van der Waals surface area contributed by atoms with Gasteiger partial charge in [0.2, 0.25) is 15.9 Å². The number of amides is 1. The lowest BCUT2D eigenvalue weighted by Crippen LogP contribution is -2.46. The SMILES string of the molecule is COc1ccc(C(C)NC(=O)C2CCCN2S(=O)(=O)c2ccccc2F)cc1F. The molecule has 2 aromatic carbocycles. The summed E-state index contributed by atoms with van der Waals surface area (Å²) in [6, 6.07) is 7.91. The lowest BCUT2D eigenvalue weighted by molar-refractivity contribution is -0.124. The first-order valence-corrected chi connectivity index (χ1v) is 10.6. The molecule has 3 rings (SSSR count). The van der Waals surface area contributed by atoms with Crippen LogP contribution in [0.25, 0.3) is 0 Å². The predicted molar refractivity (Wildman–Crippen MR) is 103 cm³/mol. The summed E-state index contributed by atoms with van der Waals surface area (Å²) in [7, 11) is -2.80. The number of rotatable bonds is 6. The van der Waals surface area contributed by atoms with Crippen molar-refractivity contribution >= 4 is 15.9 Å². The van der Waals surface area contributed by atoms with Crippen LogP contribution in [0.3, 0.4) is 0 Å². The average molecular weight is 424 g/mol. The maximum absolute atomic E-state index is 14.0. The van der Waals surface area contributed by atoms with Gasteiger partial charge in [0.05, 0.1) is 13.2 Å². The number of ether oxygens (including phenoxy) is 1. The van der Waals surface area contributed by atoms with Crippen molar-refractivity contribution in [3.05, 3.63) is 59.7 Å².